The molecule has 1 atom stereocenters. The van der Waals surface area contributed by atoms with E-state index < -0.39 is 18.0 Å². The normalized spacial score (nSPS) is 11.8. The van der Waals surface area contributed by atoms with Gasteiger partial charge < -0.3 is 14.6 Å². The van der Waals surface area contributed by atoms with Crippen molar-refractivity contribution in [2.24, 2.45) is 5.10 Å². The fourth-order valence-electron chi connectivity index (χ4n) is 2.77. The number of aliphatic hydroxyl groups is 1. The molecule has 3 aromatic rings. The van der Waals surface area contributed by atoms with Gasteiger partial charge in [0, 0.05) is 0 Å². The van der Waals surface area contributed by atoms with E-state index in [0.29, 0.717) is 26.9 Å². The molecule has 2 N–H and O–H groups in total. The fraction of sp³-hybridized carbons (Fsp3) is 0.125. The molecule has 0 aliphatic carbocycles. The molecule has 0 radical (unpaired) electrons. The van der Waals surface area contributed by atoms with Gasteiger partial charge in [0.1, 0.15) is 0 Å². The van der Waals surface area contributed by atoms with Crippen LogP contribution in [0.15, 0.2) is 76.3 Å². The van der Waals surface area contributed by atoms with Crippen LogP contribution in [0.3, 0.4) is 0 Å². The van der Waals surface area contributed by atoms with Gasteiger partial charge in [-0.25, -0.2) is 10.2 Å². The first kappa shape index (κ1) is 23.2. The van der Waals surface area contributed by atoms with Crippen molar-refractivity contribution < 1.29 is 24.2 Å². The SMILES string of the molecule is COc1cc(/C=N/NC(=O)C(O)c2ccccc2)cc(Br)c1OC(=O)c1ccc(C)cc1. The van der Waals surface area contributed by atoms with Gasteiger partial charge in [-0.2, -0.15) is 5.10 Å². The molecule has 0 aromatic heterocycles. The van der Waals surface area contributed by atoms with Crippen LogP contribution < -0.4 is 14.9 Å². The highest BCUT2D eigenvalue weighted by Crippen LogP contribution is 2.36. The van der Waals surface area contributed by atoms with Gasteiger partial charge in [-0.1, -0.05) is 48.0 Å². The van der Waals surface area contributed by atoms with Gasteiger partial charge in [0.25, 0.3) is 5.91 Å². The molecule has 3 rings (SSSR count). The van der Waals surface area contributed by atoms with Crippen LogP contribution in [0.1, 0.15) is 33.2 Å². The van der Waals surface area contributed by atoms with E-state index in [-0.39, 0.29) is 5.75 Å². The molecule has 0 fully saturated rings. The molecule has 164 valence electrons. The monoisotopic (exact) mass is 496 g/mol. The lowest BCUT2D eigenvalue weighted by Gasteiger charge is -2.12. The highest BCUT2D eigenvalue weighted by atomic mass is 79.9. The Hall–Kier alpha value is -3.49. The molecule has 1 amide bonds. The van der Waals surface area contributed by atoms with E-state index in [4.69, 9.17) is 9.47 Å². The zero-order valence-corrected chi connectivity index (χ0v) is 19.0. The number of nitrogens with zero attached hydrogens (tertiary/aromatic N) is 1. The summed E-state index contributed by atoms with van der Waals surface area (Å²) >= 11 is 3.38. The molecule has 0 saturated heterocycles. The standard InChI is InChI=1S/C24H21BrN2O5/c1-15-8-10-18(11-9-15)24(30)32-22-19(25)12-16(13-20(22)31-2)14-26-27-23(29)21(28)17-6-4-3-5-7-17/h3-14,21,28H,1-2H3,(H,27,29)/b26-14+. The number of hydrazone groups is 1. The third-order valence-corrected chi connectivity index (χ3v) is 5.07. The second kappa shape index (κ2) is 10.7. The summed E-state index contributed by atoms with van der Waals surface area (Å²) in [5.74, 6) is -0.662. The molecular formula is C24H21BrN2O5. The molecule has 0 aliphatic rings. The Balaban J connectivity index is 1.71. The second-order valence-electron chi connectivity index (χ2n) is 6.84. The maximum absolute atomic E-state index is 12.5. The molecule has 0 aliphatic heterocycles. The number of hydrogen-bond donors (Lipinski definition) is 2. The van der Waals surface area contributed by atoms with Crippen LogP contribution in [-0.2, 0) is 4.79 Å². The summed E-state index contributed by atoms with van der Waals surface area (Å²) in [5.41, 5.74) is 4.77. The number of methoxy groups -OCH3 is 1. The first-order chi connectivity index (χ1) is 15.4. The number of rotatable bonds is 7. The number of amides is 1. The maximum Gasteiger partial charge on any atom is 0.343 e. The molecule has 32 heavy (non-hydrogen) atoms. The highest BCUT2D eigenvalue weighted by molar-refractivity contribution is 9.10. The number of aliphatic hydroxyl groups excluding tert-OH is 1. The number of hydrogen-bond acceptors (Lipinski definition) is 6. The minimum atomic E-state index is -1.34. The number of esters is 1. The van der Waals surface area contributed by atoms with Gasteiger partial charge >= 0.3 is 5.97 Å². The number of halogens is 1. The number of nitrogens with one attached hydrogen (secondary N) is 1. The van der Waals surface area contributed by atoms with Crippen molar-refractivity contribution in [2.75, 3.05) is 7.11 Å². The Morgan fingerprint density at radius 1 is 1.09 bits per heavy atom. The maximum atomic E-state index is 12.5. The van der Waals surface area contributed by atoms with Crippen molar-refractivity contribution in [1.82, 2.24) is 5.43 Å². The van der Waals surface area contributed by atoms with Crippen LogP contribution >= 0.6 is 15.9 Å². The molecule has 0 saturated carbocycles. The summed E-state index contributed by atoms with van der Waals surface area (Å²) in [6, 6.07) is 18.8. The summed E-state index contributed by atoms with van der Waals surface area (Å²) in [6.07, 6.45) is 0.0484. The number of carbonyl (C=O) groups excluding carboxylic acids is 2. The van der Waals surface area contributed by atoms with E-state index in [1.807, 2.05) is 19.1 Å². The molecule has 0 bridgehead atoms. The minimum absolute atomic E-state index is 0.221. The lowest BCUT2D eigenvalue weighted by molar-refractivity contribution is -0.129. The van der Waals surface area contributed by atoms with Gasteiger partial charge in [0.15, 0.2) is 17.6 Å². The van der Waals surface area contributed by atoms with E-state index in [2.05, 4.69) is 26.5 Å². The molecule has 3 aromatic carbocycles. The van der Waals surface area contributed by atoms with Crippen molar-refractivity contribution in [3.8, 4) is 11.5 Å². The largest absolute Gasteiger partial charge is 0.493 e. The van der Waals surface area contributed by atoms with Crippen LogP contribution in [-0.4, -0.2) is 30.3 Å². The lowest BCUT2D eigenvalue weighted by atomic mass is 10.1. The van der Waals surface area contributed by atoms with Crippen LogP contribution in [0.5, 0.6) is 11.5 Å². The average molecular weight is 497 g/mol. The van der Waals surface area contributed by atoms with Gasteiger partial charge in [-0.15, -0.1) is 0 Å². The van der Waals surface area contributed by atoms with E-state index in [9.17, 15) is 14.7 Å². The highest BCUT2D eigenvalue weighted by Gasteiger charge is 2.18. The van der Waals surface area contributed by atoms with Gasteiger partial charge in [0.05, 0.1) is 23.4 Å². The molecule has 0 heterocycles. The molecule has 8 heteroatoms. The Labute approximate surface area is 193 Å². The summed E-state index contributed by atoms with van der Waals surface area (Å²) in [5, 5.41) is 14.0. The number of benzene rings is 3. The number of ether oxygens (including phenoxy) is 2. The average Bonchev–Trinajstić information content (AvgIpc) is 2.80. The second-order valence-corrected chi connectivity index (χ2v) is 7.69. The third kappa shape index (κ3) is 5.81. The van der Waals surface area contributed by atoms with Crippen molar-refractivity contribution >= 4 is 34.0 Å². The number of aryl methyl sites for hydroxylation is 1. The summed E-state index contributed by atoms with van der Waals surface area (Å²) in [7, 11) is 1.45. The Bertz CT molecular complexity index is 1130. The first-order valence-corrected chi connectivity index (χ1v) is 10.4. The Morgan fingerprint density at radius 2 is 1.78 bits per heavy atom. The van der Waals surface area contributed by atoms with Crippen LogP contribution in [0, 0.1) is 6.92 Å². The summed E-state index contributed by atoms with van der Waals surface area (Å²) in [6.45, 7) is 1.93. The lowest BCUT2D eigenvalue weighted by Crippen LogP contribution is -2.25. The van der Waals surface area contributed by atoms with Crippen LogP contribution in [0.2, 0.25) is 0 Å². The van der Waals surface area contributed by atoms with Crippen molar-refractivity contribution in [2.45, 2.75) is 13.0 Å². The molecule has 0 spiro atoms. The van der Waals surface area contributed by atoms with Crippen LogP contribution in [0.4, 0.5) is 0 Å². The predicted molar refractivity (Wildman–Crippen MR) is 124 cm³/mol. The molecular weight excluding hydrogens is 476 g/mol. The minimum Gasteiger partial charge on any atom is -0.493 e. The third-order valence-electron chi connectivity index (χ3n) is 4.49. The van der Waals surface area contributed by atoms with E-state index in [1.165, 1.54) is 13.3 Å². The first-order valence-electron chi connectivity index (χ1n) is 9.61. The quantitative estimate of drug-likeness (QED) is 0.221. The van der Waals surface area contributed by atoms with E-state index in [1.54, 1.807) is 54.6 Å². The zero-order valence-electron chi connectivity index (χ0n) is 17.4. The summed E-state index contributed by atoms with van der Waals surface area (Å²) < 4.78 is 11.3. The Kier molecular flexibility index (Phi) is 7.75. The van der Waals surface area contributed by atoms with Gasteiger partial charge in [-0.3, -0.25) is 4.79 Å². The van der Waals surface area contributed by atoms with Gasteiger partial charge in [0.2, 0.25) is 0 Å². The van der Waals surface area contributed by atoms with Crippen molar-refractivity contribution in [1.29, 1.82) is 0 Å². The summed E-state index contributed by atoms with van der Waals surface area (Å²) in [4.78, 5) is 24.6. The molecule has 1 unspecified atom stereocenters. The van der Waals surface area contributed by atoms with Crippen molar-refractivity contribution in [3.63, 3.8) is 0 Å². The topological polar surface area (TPSA) is 97.2 Å². The predicted octanol–water partition coefficient (Wildman–Crippen LogP) is 4.17. The van der Waals surface area contributed by atoms with Crippen molar-refractivity contribution in [3.05, 3.63) is 93.5 Å². The smallest absolute Gasteiger partial charge is 0.343 e. The van der Waals surface area contributed by atoms with E-state index in [0.717, 1.165) is 5.56 Å². The Morgan fingerprint density at radius 3 is 2.44 bits per heavy atom. The number of carbonyl (C=O) groups is 2. The zero-order chi connectivity index (χ0) is 23.1. The van der Waals surface area contributed by atoms with E-state index >= 15 is 0 Å². The fourth-order valence-corrected chi connectivity index (χ4v) is 3.31. The van der Waals surface area contributed by atoms with Crippen LogP contribution in [0.25, 0.3) is 0 Å². The molecule has 7 nitrogen and oxygen atoms in total. The van der Waals surface area contributed by atoms with Gasteiger partial charge in [-0.05, 0) is 58.2 Å².